The standard InChI is InChI=1S/C22H18N4O2S/c27-21(12-16-14-26-10-11-29-22(26)23-16)25-24-18-13-20(15-6-2-1-3-7-15)28-19-9-5-4-8-17(18)19/h1-11,14,20H,12-13H2,(H,25,27)/b24-18-/t20-/m1/s1. The summed E-state index contributed by atoms with van der Waals surface area (Å²) in [5.74, 6) is 0.582. The molecule has 2 aromatic carbocycles. The second kappa shape index (κ2) is 7.52. The summed E-state index contributed by atoms with van der Waals surface area (Å²) in [6.07, 6.45) is 4.43. The largest absolute Gasteiger partial charge is 0.485 e. The molecule has 2 aromatic heterocycles. The van der Waals surface area contributed by atoms with Gasteiger partial charge in [-0.3, -0.25) is 9.20 Å². The third-order valence-corrected chi connectivity index (χ3v) is 5.59. The quantitative estimate of drug-likeness (QED) is 0.525. The second-order valence-electron chi connectivity index (χ2n) is 6.81. The number of fused-ring (bicyclic) bond motifs is 2. The molecule has 1 N–H and O–H groups in total. The van der Waals surface area contributed by atoms with Crippen LogP contribution in [-0.2, 0) is 11.2 Å². The van der Waals surface area contributed by atoms with E-state index < -0.39 is 0 Å². The van der Waals surface area contributed by atoms with Gasteiger partial charge in [0, 0.05) is 29.8 Å². The summed E-state index contributed by atoms with van der Waals surface area (Å²) in [5, 5.41) is 6.41. The van der Waals surface area contributed by atoms with E-state index in [1.807, 2.05) is 76.8 Å². The number of aromatic nitrogens is 2. The van der Waals surface area contributed by atoms with Crippen LogP contribution < -0.4 is 10.2 Å². The van der Waals surface area contributed by atoms with Crippen LogP contribution in [0.2, 0.25) is 0 Å². The highest BCUT2D eigenvalue weighted by atomic mass is 32.1. The molecule has 0 saturated heterocycles. The zero-order chi connectivity index (χ0) is 19.6. The van der Waals surface area contributed by atoms with Crippen molar-refractivity contribution < 1.29 is 9.53 Å². The van der Waals surface area contributed by atoms with E-state index in [1.165, 1.54) is 0 Å². The Kier molecular flexibility index (Phi) is 4.57. The molecule has 0 unspecified atom stereocenters. The molecule has 1 aliphatic heterocycles. The van der Waals surface area contributed by atoms with Crippen LogP contribution in [0.5, 0.6) is 5.75 Å². The molecule has 1 aliphatic rings. The zero-order valence-electron chi connectivity index (χ0n) is 15.5. The molecule has 6 nitrogen and oxygen atoms in total. The molecule has 0 aliphatic carbocycles. The van der Waals surface area contributed by atoms with Crippen molar-refractivity contribution in [2.45, 2.75) is 18.9 Å². The lowest BCUT2D eigenvalue weighted by molar-refractivity contribution is -0.120. The fourth-order valence-corrected chi connectivity index (χ4v) is 4.16. The average Bonchev–Trinajstić information content (AvgIpc) is 3.34. The van der Waals surface area contributed by atoms with Crippen LogP contribution in [-0.4, -0.2) is 21.0 Å². The molecule has 1 amide bonds. The molecule has 29 heavy (non-hydrogen) atoms. The summed E-state index contributed by atoms with van der Waals surface area (Å²) in [4.78, 5) is 17.7. The van der Waals surface area contributed by atoms with E-state index in [1.54, 1.807) is 11.3 Å². The smallest absolute Gasteiger partial charge is 0.246 e. The minimum absolute atomic E-state index is 0.137. The fraction of sp³-hybridized carbons (Fsp3) is 0.136. The van der Waals surface area contributed by atoms with Crippen molar-refractivity contribution in [2.24, 2.45) is 5.10 Å². The monoisotopic (exact) mass is 402 g/mol. The van der Waals surface area contributed by atoms with Crippen LogP contribution in [0.4, 0.5) is 0 Å². The van der Waals surface area contributed by atoms with Crippen molar-refractivity contribution in [3.05, 3.63) is 89.2 Å². The van der Waals surface area contributed by atoms with E-state index in [2.05, 4.69) is 15.5 Å². The molecule has 144 valence electrons. The van der Waals surface area contributed by atoms with Gasteiger partial charge < -0.3 is 4.74 Å². The highest BCUT2D eigenvalue weighted by molar-refractivity contribution is 7.15. The first-order valence-corrected chi connectivity index (χ1v) is 10.2. The first-order valence-electron chi connectivity index (χ1n) is 9.34. The van der Waals surface area contributed by atoms with E-state index in [-0.39, 0.29) is 18.4 Å². The third-order valence-electron chi connectivity index (χ3n) is 4.82. The molecule has 0 fully saturated rings. The zero-order valence-corrected chi connectivity index (χ0v) is 16.3. The number of amides is 1. The highest BCUT2D eigenvalue weighted by Gasteiger charge is 2.26. The summed E-state index contributed by atoms with van der Waals surface area (Å²) in [7, 11) is 0. The number of imidazole rings is 1. The van der Waals surface area contributed by atoms with Gasteiger partial charge in [0.2, 0.25) is 5.91 Å². The van der Waals surface area contributed by atoms with Gasteiger partial charge in [-0.1, -0.05) is 42.5 Å². The van der Waals surface area contributed by atoms with Crippen LogP contribution in [0, 0.1) is 0 Å². The molecule has 0 bridgehead atoms. The van der Waals surface area contributed by atoms with Crippen molar-refractivity contribution in [3.8, 4) is 5.75 Å². The number of nitrogens with one attached hydrogen (secondary N) is 1. The van der Waals surface area contributed by atoms with E-state index in [4.69, 9.17) is 4.74 Å². The Morgan fingerprint density at radius 1 is 1.21 bits per heavy atom. The maximum atomic E-state index is 12.4. The highest BCUT2D eigenvalue weighted by Crippen LogP contribution is 2.34. The molecule has 3 heterocycles. The summed E-state index contributed by atoms with van der Waals surface area (Å²) in [6.45, 7) is 0. The summed E-state index contributed by atoms with van der Waals surface area (Å²) in [6, 6.07) is 17.8. The predicted octanol–water partition coefficient (Wildman–Crippen LogP) is 3.98. The molecular formula is C22H18N4O2S. The number of carbonyl (C=O) groups excluding carboxylic acids is 1. The van der Waals surface area contributed by atoms with Gasteiger partial charge in [0.05, 0.1) is 17.8 Å². The first-order chi connectivity index (χ1) is 14.3. The Morgan fingerprint density at radius 2 is 2.03 bits per heavy atom. The van der Waals surface area contributed by atoms with Crippen LogP contribution in [0.1, 0.15) is 29.3 Å². The SMILES string of the molecule is O=C(Cc1cn2ccsc2n1)N/N=C1/C[C@H](c2ccccc2)Oc2ccccc21. The van der Waals surface area contributed by atoms with E-state index in [9.17, 15) is 4.79 Å². The topological polar surface area (TPSA) is 68.0 Å². The Morgan fingerprint density at radius 3 is 2.90 bits per heavy atom. The lowest BCUT2D eigenvalue weighted by atomic mass is 9.96. The van der Waals surface area contributed by atoms with Crippen molar-refractivity contribution in [1.29, 1.82) is 0 Å². The summed E-state index contributed by atoms with van der Waals surface area (Å²) in [5.41, 5.74) is 6.22. The van der Waals surface area contributed by atoms with Crippen LogP contribution in [0.15, 0.2) is 77.5 Å². The average molecular weight is 402 g/mol. The number of thiazole rings is 1. The lowest BCUT2D eigenvalue weighted by Gasteiger charge is -2.27. The van der Waals surface area contributed by atoms with Crippen molar-refractivity contribution in [3.63, 3.8) is 0 Å². The van der Waals surface area contributed by atoms with Gasteiger partial charge >= 0.3 is 0 Å². The maximum Gasteiger partial charge on any atom is 0.246 e. The van der Waals surface area contributed by atoms with Crippen LogP contribution >= 0.6 is 11.3 Å². The predicted molar refractivity (Wildman–Crippen MR) is 112 cm³/mol. The van der Waals surface area contributed by atoms with Crippen molar-refractivity contribution in [1.82, 2.24) is 14.8 Å². The molecule has 0 spiro atoms. The number of carbonyl (C=O) groups is 1. The second-order valence-corrected chi connectivity index (χ2v) is 7.69. The van der Waals surface area contributed by atoms with E-state index in [0.717, 1.165) is 33.2 Å². The molecular weight excluding hydrogens is 384 g/mol. The number of hydrogen-bond acceptors (Lipinski definition) is 5. The Hall–Kier alpha value is -3.45. The minimum atomic E-state index is -0.191. The van der Waals surface area contributed by atoms with Crippen LogP contribution in [0.25, 0.3) is 4.96 Å². The summed E-state index contributed by atoms with van der Waals surface area (Å²) >= 11 is 1.54. The van der Waals surface area contributed by atoms with Gasteiger partial charge in [-0.05, 0) is 17.7 Å². The van der Waals surface area contributed by atoms with Crippen molar-refractivity contribution in [2.75, 3.05) is 0 Å². The number of ether oxygens (including phenoxy) is 1. The number of rotatable bonds is 4. The van der Waals surface area contributed by atoms with Gasteiger partial charge in [0.1, 0.15) is 11.9 Å². The van der Waals surface area contributed by atoms with Crippen molar-refractivity contribution >= 4 is 27.9 Å². The molecule has 5 rings (SSSR count). The Balaban J connectivity index is 1.35. The minimum Gasteiger partial charge on any atom is -0.485 e. The molecule has 7 heteroatoms. The molecule has 0 saturated carbocycles. The summed E-state index contributed by atoms with van der Waals surface area (Å²) < 4.78 is 8.09. The number of hydrazone groups is 1. The lowest BCUT2D eigenvalue weighted by Crippen LogP contribution is -2.26. The number of hydrogen-bond donors (Lipinski definition) is 1. The normalized spacial score (nSPS) is 17.1. The molecule has 4 aromatic rings. The van der Waals surface area contributed by atoms with Gasteiger partial charge in [-0.15, -0.1) is 11.3 Å². The number of benzene rings is 2. The van der Waals surface area contributed by atoms with Gasteiger partial charge in [0.15, 0.2) is 4.96 Å². The molecule has 0 radical (unpaired) electrons. The number of nitrogens with zero attached hydrogens (tertiary/aromatic N) is 3. The van der Waals surface area contributed by atoms with Crippen LogP contribution in [0.3, 0.4) is 0 Å². The fourth-order valence-electron chi connectivity index (χ4n) is 3.44. The van der Waals surface area contributed by atoms with Gasteiger partial charge in [-0.2, -0.15) is 5.10 Å². The van der Waals surface area contributed by atoms with E-state index >= 15 is 0 Å². The molecule has 1 atom stereocenters. The maximum absolute atomic E-state index is 12.4. The van der Waals surface area contributed by atoms with Gasteiger partial charge in [0.25, 0.3) is 0 Å². The van der Waals surface area contributed by atoms with Gasteiger partial charge in [-0.25, -0.2) is 10.4 Å². The Bertz CT molecular complexity index is 1170. The van der Waals surface area contributed by atoms with E-state index in [0.29, 0.717) is 6.42 Å². The first kappa shape index (κ1) is 17.6. The number of para-hydroxylation sites is 1. The third kappa shape index (κ3) is 3.64. The Labute approximate surface area is 171 Å².